The van der Waals surface area contributed by atoms with Gasteiger partial charge in [0.25, 0.3) is 5.91 Å². The van der Waals surface area contributed by atoms with Gasteiger partial charge in [-0.15, -0.1) is 0 Å². The normalized spacial score (nSPS) is 11.6. The molecule has 37 heavy (non-hydrogen) atoms. The molecular weight excluding hydrogens is 476 g/mol. The molecule has 0 saturated carbocycles. The molecule has 4 rings (SSSR count). The molecule has 194 valence electrons. The molecule has 0 radical (unpaired) electrons. The molecule has 0 aliphatic carbocycles. The van der Waals surface area contributed by atoms with E-state index in [-0.39, 0.29) is 18.2 Å². The van der Waals surface area contributed by atoms with Crippen molar-refractivity contribution in [3.63, 3.8) is 0 Å². The van der Waals surface area contributed by atoms with E-state index in [0.717, 1.165) is 5.39 Å². The van der Waals surface area contributed by atoms with Crippen LogP contribution in [0.5, 0.6) is 5.75 Å². The number of nitrogens with one attached hydrogen (secondary N) is 2. The minimum atomic E-state index is -0.711. The van der Waals surface area contributed by atoms with Crippen LogP contribution in [-0.2, 0) is 9.57 Å². The second-order valence-electron chi connectivity index (χ2n) is 9.36. The highest BCUT2D eigenvalue weighted by Gasteiger charge is 2.26. The quantitative estimate of drug-likeness (QED) is 0.233. The van der Waals surface area contributed by atoms with Crippen molar-refractivity contribution in [3.8, 4) is 17.0 Å². The summed E-state index contributed by atoms with van der Waals surface area (Å²) >= 11 is 0. The van der Waals surface area contributed by atoms with E-state index >= 15 is 0 Å². The summed E-state index contributed by atoms with van der Waals surface area (Å²) < 4.78 is 12.6. The van der Waals surface area contributed by atoms with E-state index in [4.69, 9.17) is 19.7 Å². The molecule has 0 unspecified atom stereocenters. The Bertz CT molecular complexity index is 1420. The van der Waals surface area contributed by atoms with E-state index in [2.05, 4.69) is 10.2 Å². The highest BCUT2D eigenvalue weighted by molar-refractivity contribution is 6.17. The van der Waals surface area contributed by atoms with E-state index < -0.39 is 11.7 Å². The Morgan fingerprint density at radius 3 is 2.46 bits per heavy atom. The summed E-state index contributed by atoms with van der Waals surface area (Å²) in [6, 6.07) is 16.4. The SMILES string of the molecule is COc1ccc(-c2nc(C(=O)NCCCONO)cc3c4ccccc4n(C(=O)OC(C)(C)C)c23)cc1. The Morgan fingerprint density at radius 1 is 1.05 bits per heavy atom. The van der Waals surface area contributed by atoms with Crippen LogP contribution in [0.15, 0.2) is 54.6 Å². The predicted octanol–water partition coefficient (Wildman–Crippen LogP) is 4.68. The first-order valence-electron chi connectivity index (χ1n) is 11.8. The van der Waals surface area contributed by atoms with Gasteiger partial charge >= 0.3 is 6.09 Å². The molecule has 1 amide bonds. The van der Waals surface area contributed by atoms with E-state index in [1.807, 2.05) is 57.2 Å². The number of aromatic nitrogens is 2. The Morgan fingerprint density at radius 2 is 1.78 bits per heavy atom. The molecule has 2 aromatic carbocycles. The molecule has 0 fully saturated rings. The van der Waals surface area contributed by atoms with Crippen LogP contribution in [0, 0.1) is 0 Å². The topological polar surface area (TPSA) is 124 Å². The van der Waals surface area contributed by atoms with Gasteiger partial charge in [0.1, 0.15) is 17.0 Å². The van der Waals surface area contributed by atoms with Gasteiger partial charge in [0, 0.05) is 22.9 Å². The van der Waals surface area contributed by atoms with Crippen molar-refractivity contribution < 1.29 is 29.1 Å². The van der Waals surface area contributed by atoms with Crippen molar-refractivity contribution in [1.82, 2.24) is 20.5 Å². The number of benzene rings is 2. The number of hydrogen-bond acceptors (Lipinski definition) is 8. The van der Waals surface area contributed by atoms with Gasteiger partial charge < -0.3 is 14.8 Å². The number of ether oxygens (including phenoxy) is 2. The van der Waals surface area contributed by atoms with Crippen LogP contribution in [0.1, 0.15) is 37.7 Å². The third kappa shape index (κ3) is 5.72. The van der Waals surface area contributed by atoms with Crippen LogP contribution in [0.4, 0.5) is 4.79 Å². The molecule has 10 nitrogen and oxygen atoms in total. The van der Waals surface area contributed by atoms with Gasteiger partial charge in [0.15, 0.2) is 0 Å². The second-order valence-corrected chi connectivity index (χ2v) is 9.36. The van der Waals surface area contributed by atoms with Crippen molar-refractivity contribution in [2.24, 2.45) is 0 Å². The van der Waals surface area contributed by atoms with Gasteiger partial charge in [0.2, 0.25) is 0 Å². The number of carbonyl (C=O) groups excluding carboxylic acids is 2. The number of hydrogen-bond donors (Lipinski definition) is 3. The first-order valence-corrected chi connectivity index (χ1v) is 11.8. The third-order valence-corrected chi connectivity index (χ3v) is 5.60. The average molecular weight is 507 g/mol. The summed E-state index contributed by atoms with van der Waals surface area (Å²) in [4.78, 5) is 35.9. The van der Waals surface area contributed by atoms with E-state index in [1.54, 1.807) is 31.0 Å². The number of pyridine rings is 1. The van der Waals surface area contributed by atoms with Gasteiger partial charge in [-0.1, -0.05) is 23.8 Å². The number of fused-ring (bicyclic) bond motifs is 3. The maximum atomic E-state index is 13.5. The van der Waals surface area contributed by atoms with Crippen LogP contribution in [0.25, 0.3) is 33.1 Å². The summed E-state index contributed by atoms with van der Waals surface area (Å²) in [7, 11) is 1.58. The highest BCUT2D eigenvalue weighted by atomic mass is 16.8. The fourth-order valence-corrected chi connectivity index (χ4v) is 4.03. The van der Waals surface area contributed by atoms with Crippen molar-refractivity contribution >= 4 is 33.8 Å². The molecule has 0 aliphatic heterocycles. The molecule has 2 aromatic heterocycles. The van der Waals surface area contributed by atoms with Gasteiger partial charge in [-0.2, -0.15) is 0 Å². The summed E-state index contributed by atoms with van der Waals surface area (Å²) in [5, 5.41) is 12.8. The summed E-state index contributed by atoms with van der Waals surface area (Å²) in [6.45, 7) is 5.96. The van der Waals surface area contributed by atoms with Gasteiger partial charge in [-0.05, 0) is 63.6 Å². The highest BCUT2D eigenvalue weighted by Crippen LogP contribution is 2.36. The van der Waals surface area contributed by atoms with Gasteiger partial charge in [-0.3, -0.25) is 14.8 Å². The zero-order valence-corrected chi connectivity index (χ0v) is 21.2. The lowest BCUT2D eigenvalue weighted by Gasteiger charge is -2.20. The lowest BCUT2D eigenvalue weighted by molar-refractivity contribution is -0.127. The van der Waals surface area contributed by atoms with Crippen LogP contribution in [0.3, 0.4) is 0 Å². The number of carbonyl (C=O) groups is 2. The van der Waals surface area contributed by atoms with Crippen molar-refractivity contribution in [1.29, 1.82) is 0 Å². The first-order chi connectivity index (χ1) is 17.7. The summed E-state index contributed by atoms with van der Waals surface area (Å²) in [5.74, 6) is 0.295. The number of nitrogens with zero attached hydrogens (tertiary/aromatic N) is 2. The molecule has 0 bridgehead atoms. The van der Waals surface area contributed by atoms with Gasteiger partial charge in [-0.25, -0.2) is 14.3 Å². The van der Waals surface area contributed by atoms with E-state index in [0.29, 0.717) is 46.4 Å². The minimum Gasteiger partial charge on any atom is -0.497 e. The molecule has 0 spiro atoms. The number of para-hydroxylation sites is 1. The third-order valence-electron chi connectivity index (χ3n) is 5.60. The molecule has 0 saturated heterocycles. The summed E-state index contributed by atoms with van der Waals surface area (Å²) in [6.07, 6.45) is -0.0601. The predicted molar refractivity (Wildman–Crippen MR) is 139 cm³/mol. The second kappa shape index (κ2) is 11.0. The van der Waals surface area contributed by atoms with Crippen LogP contribution < -0.4 is 15.7 Å². The monoisotopic (exact) mass is 506 g/mol. The molecule has 10 heteroatoms. The number of amides is 1. The first kappa shape index (κ1) is 26.1. The Hall–Kier alpha value is -3.99. The fraction of sp³-hybridized carbons (Fsp3) is 0.296. The Balaban J connectivity index is 1.91. The molecule has 0 atom stereocenters. The molecule has 2 heterocycles. The summed E-state index contributed by atoms with van der Waals surface area (Å²) in [5.41, 5.74) is 3.45. The molecular formula is C27H30N4O6. The maximum Gasteiger partial charge on any atom is 0.419 e. The number of rotatable bonds is 8. The fourth-order valence-electron chi connectivity index (χ4n) is 4.03. The van der Waals surface area contributed by atoms with Crippen LogP contribution in [-0.4, -0.2) is 52.6 Å². The van der Waals surface area contributed by atoms with Crippen molar-refractivity contribution in [3.05, 3.63) is 60.3 Å². The lowest BCUT2D eigenvalue weighted by atomic mass is 10.1. The van der Waals surface area contributed by atoms with Crippen molar-refractivity contribution in [2.45, 2.75) is 32.8 Å². The smallest absolute Gasteiger partial charge is 0.419 e. The lowest BCUT2D eigenvalue weighted by Crippen LogP contribution is -2.28. The molecule has 4 aromatic rings. The maximum absolute atomic E-state index is 13.5. The van der Waals surface area contributed by atoms with E-state index in [9.17, 15) is 9.59 Å². The standard InChI is InChI=1S/C27H30N4O6/c1-27(2,3)37-26(33)31-22-9-6-5-8-19(22)20-16-21(25(32)28-14-7-15-36-30-34)29-23(24(20)31)17-10-12-18(35-4)13-11-17/h5-6,8-13,16,30,34H,7,14-15H2,1-4H3,(H,28,32). The van der Waals surface area contributed by atoms with Gasteiger partial charge in [0.05, 0.1) is 30.4 Å². The van der Waals surface area contributed by atoms with Crippen molar-refractivity contribution in [2.75, 3.05) is 20.3 Å². The Labute approximate surface area is 214 Å². The number of methoxy groups -OCH3 is 1. The molecule has 0 aliphatic rings. The molecule has 3 N–H and O–H groups in total. The zero-order valence-electron chi connectivity index (χ0n) is 21.2. The van der Waals surface area contributed by atoms with E-state index in [1.165, 1.54) is 4.57 Å². The minimum absolute atomic E-state index is 0.201. The van der Waals surface area contributed by atoms with Crippen LogP contribution >= 0.6 is 0 Å². The Kier molecular flexibility index (Phi) is 7.72. The zero-order chi connectivity index (χ0) is 26.6. The largest absolute Gasteiger partial charge is 0.497 e. The van der Waals surface area contributed by atoms with Crippen LogP contribution in [0.2, 0.25) is 0 Å². The average Bonchev–Trinajstić information content (AvgIpc) is 3.21.